The number of ether oxygens (including phenoxy) is 2. The fourth-order valence-electron chi connectivity index (χ4n) is 8.00. The average molecular weight is 881 g/mol. The summed E-state index contributed by atoms with van der Waals surface area (Å²) in [6.45, 7) is 4.03. The molecule has 0 saturated heterocycles. The Balaban J connectivity index is 3.38. The molecule has 366 valence electrons. The van der Waals surface area contributed by atoms with Gasteiger partial charge >= 0.3 is 11.9 Å². The SMILES string of the molecule is CC/C=C\C/C=C\C/C=C\C/C=C\C/C=C\CCCCCCCCCCCCCCCCCCCCCCCCCC(=O)OC(CO)COC(=O)CCCCCCCCCCCC. The summed E-state index contributed by atoms with van der Waals surface area (Å²) >= 11 is 0. The van der Waals surface area contributed by atoms with E-state index in [9.17, 15) is 14.7 Å². The number of allylic oxidation sites excluding steroid dienone is 10. The summed E-state index contributed by atoms with van der Waals surface area (Å²) in [4.78, 5) is 24.3. The molecule has 0 amide bonds. The smallest absolute Gasteiger partial charge is 0.306 e. The van der Waals surface area contributed by atoms with Gasteiger partial charge in [-0.3, -0.25) is 9.59 Å². The van der Waals surface area contributed by atoms with Crippen LogP contribution in [0.4, 0.5) is 0 Å². The molecule has 0 fully saturated rings. The lowest BCUT2D eigenvalue weighted by Gasteiger charge is -2.15. The van der Waals surface area contributed by atoms with Gasteiger partial charge in [-0.25, -0.2) is 0 Å². The van der Waals surface area contributed by atoms with Gasteiger partial charge in [0.25, 0.3) is 0 Å². The number of rotatable bonds is 50. The Morgan fingerprint density at radius 3 is 1.03 bits per heavy atom. The van der Waals surface area contributed by atoms with E-state index in [0.29, 0.717) is 12.8 Å². The molecule has 63 heavy (non-hydrogen) atoms. The van der Waals surface area contributed by atoms with Crippen molar-refractivity contribution < 1.29 is 24.2 Å². The van der Waals surface area contributed by atoms with E-state index in [0.717, 1.165) is 70.6 Å². The van der Waals surface area contributed by atoms with Gasteiger partial charge in [0, 0.05) is 12.8 Å². The van der Waals surface area contributed by atoms with Crippen LogP contribution in [0.1, 0.15) is 277 Å². The Morgan fingerprint density at radius 2 is 0.683 bits per heavy atom. The van der Waals surface area contributed by atoms with E-state index in [1.165, 1.54) is 180 Å². The molecule has 0 aromatic carbocycles. The van der Waals surface area contributed by atoms with Crippen LogP contribution in [0.2, 0.25) is 0 Å². The van der Waals surface area contributed by atoms with Crippen LogP contribution in [-0.2, 0) is 19.1 Å². The van der Waals surface area contributed by atoms with Gasteiger partial charge in [0.2, 0.25) is 0 Å². The Hall–Kier alpha value is -2.40. The molecule has 0 saturated carbocycles. The average Bonchev–Trinajstić information content (AvgIpc) is 3.29. The second-order valence-corrected chi connectivity index (χ2v) is 18.3. The first-order valence-electron chi connectivity index (χ1n) is 27.3. The number of carbonyl (C=O) groups is 2. The molecule has 1 unspecified atom stereocenters. The number of aliphatic hydroxyl groups is 1. The van der Waals surface area contributed by atoms with Crippen LogP contribution in [0.25, 0.3) is 0 Å². The Labute approximate surface area is 391 Å². The van der Waals surface area contributed by atoms with E-state index in [2.05, 4.69) is 74.6 Å². The first kappa shape index (κ1) is 60.6. The monoisotopic (exact) mass is 881 g/mol. The lowest BCUT2D eigenvalue weighted by Crippen LogP contribution is -2.28. The molecule has 1 N–H and O–H groups in total. The minimum Gasteiger partial charge on any atom is -0.462 e. The first-order valence-corrected chi connectivity index (χ1v) is 27.3. The van der Waals surface area contributed by atoms with Crippen molar-refractivity contribution in [3.8, 4) is 0 Å². The van der Waals surface area contributed by atoms with Gasteiger partial charge in [0.1, 0.15) is 6.61 Å². The molecule has 0 spiro atoms. The highest BCUT2D eigenvalue weighted by Crippen LogP contribution is 2.17. The largest absolute Gasteiger partial charge is 0.462 e. The van der Waals surface area contributed by atoms with Gasteiger partial charge in [0.05, 0.1) is 6.61 Å². The maximum atomic E-state index is 12.2. The summed E-state index contributed by atoms with van der Waals surface area (Å²) in [6, 6.07) is 0. The van der Waals surface area contributed by atoms with Crippen LogP contribution >= 0.6 is 0 Å². The molecular formula is C58H104O5. The Kier molecular flexibility index (Phi) is 51.9. The minimum absolute atomic E-state index is 0.0609. The van der Waals surface area contributed by atoms with E-state index in [-0.39, 0.29) is 25.2 Å². The van der Waals surface area contributed by atoms with Crippen LogP contribution in [0.15, 0.2) is 60.8 Å². The van der Waals surface area contributed by atoms with E-state index in [4.69, 9.17) is 9.47 Å². The van der Waals surface area contributed by atoms with E-state index >= 15 is 0 Å². The van der Waals surface area contributed by atoms with Crippen LogP contribution in [0.3, 0.4) is 0 Å². The lowest BCUT2D eigenvalue weighted by atomic mass is 10.0. The molecule has 0 aliphatic heterocycles. The number of carbonyl (C=O) groups excluding carboxylic acids is 2. The predicted octanol–water partition coefficient (Wildman–Crippen LogP) is 18.2. The first-order chi connectivity index (χ1) is 31.1. The third kappa shape index (κ3) is 52.1. The highest BCUT2D eigenvalue weighted by atomic mass is 16.6. The second-order valence-electron chi connectivity index (χ2n) is 18.3. The molecule has 0 radical (unpaired) electrons. The van der Waals surface area contributed by atoms with Crippen molar-refractivity contribution in [3.63, 3.8) is 0 Å². The van der Waals surface area contributed by atoms with Gasteiger partial charge in [-0.15, -0.1) is 0 Å². The number of esters is 2. The van der Waals surface area contributed by atoms with Gasteiger partial charge in [-0.05, 0) is 57.8 Å². The van der Waals surface area contributed by atoms with E-state index in [1.807, 2.05) is 0 Å². The van der Waals surface area contributed by atoms with Crippen molar-refractivity contribution in [1.29, 1.82) is 0 Å². The van der Waals surface area contributed by atoms with Gasteiger partial charge in [-0.1, -0.05) is 267 Å². The van der Waals surface area contributed by atoms with Crippen LogP contribution in [0, 0.1) is 0 Å². The number of aliphatic hydroxyl groups excluding tert-OH is 1. The Morgan fingerprint density at radius 1 is 0.381 bits per heavy atom. The topological polar surface area (TPSA) is 72.8 Å². The predicted molar refractivity (Wildman–Crippen MR) is 274 cm³/mol. The summed E-state index contributed by atoms with van der Waals surface area (Å²) < 4.78 is 10.6. The van der Waals surface area contributed by atoms with Crippen molar-refractivity contribution in [3.05, 3.63) is 60.8 Å². The molecule has 5 heteroatoms. The molecule has 0 aliphatic rings. The zero-order chi connectivity index (χ0) is 45.6. The molecule has 0 aromatic rings. The number of hydrogen-bond acceptors (Lipinski definition) is 5. The standard InChI is InChI=1S/C58H104O5/c1-3-5-7-9-11-13-15-16-17-18-19-20-21-22-23-24-25-26-27-28-29-30-31-32-33-34-35-36-37-38-39-40-41-42-43-45-47-49-51-53-58(61)63-56(54-59)55-62-57(60)52-50-48-46-44-14-12-10-8-6-4-2/h5,7,11,13,16-17,19-20,22-23,56,59H,3-4,6,8-10,12,14-15,18,21,24-55H2,1-2H3/b7-5-,13-11-,17-16-,20-19-,23-22-. The summed E-state index contributed by atoms with van der Waals surface area (Å²) in [7, 11) is 0. The Bertz CT molecular complexity index is 1090. The quantitative estimate of drug-likeness (QED) is 0.0374. The second kappa shape index (κ2) is 53.9. The molecule has 0 bridgehead atoms. The van der Waals surface area contributed by atoms with Crippen LogP contribution in [-0.4, -0.2) is 36.4 Å². The highest BCUT2D eigenvalue weighted by molar-refractivity contribution is 5.70. The van der Waals surface area contributed by atoms with E-state index < -0.39 is 6.10 Å². The van der Waals surface area contributed by atoms with Gasteiger partial charge in [0.15, 0.2) is 6.10 Å². The summed E-state index contributed by atoms with van der Waals surface area (Å²) in [5.74, 6) is -0.580. The molecule has 0 rings (SSSR count). The molecule has 0 aromatic heterocycles. The zero-order valence-electron chi connectivity index (χ0n) is 41.8. The van der Waals surface area contributed by atoms with Crippen molar-refractivity contribution in [2.75, 3.05) is 13.2 Å². The van der Waals surface area contributed by atoms with E-state index in [1.54, 1.807) is 0 Å². The third-order valence-electron chi connectivity index (χ3n) is 12.1. The van der Waals surface area contributed by atoms with Crippen molar-refractivity contribution >= 4 is 11.9 Å². The maximum absolute atomic E-state index is 12.2. The fraction of sp³-hybridized carbons (Fsp3) is 0.793. The molecular weight excluding hydrogens is 777 g/mol. The zero-order valence-corrected chi connectivity index (χ0v) is 41.8. The lowest BCUT2D eigenvalue weighted by molar-refractivity contribution is -0.161. The van der Waals surface area contributed by atoms with Gasteiger partial charge < -0.3 is 14.6 Å². The van der Waals surface area contributed by atoms with Crippen molar-refractivity contribution in [1.82, 2.24) is 0 Å². The number of hydrogen-bond donors (Lipinski definition) is 1. The third-order valence-corrected chi connectivity index (χ3v) is 12.1. The molecule has 0 heterocycles. The molecule has 5 nitrogen and oxygen atoms in total. The number of unbranched alkanes of at least 4 members (excludes halogenated alkanes) is 32. The minimum atomic E-state index is -0.766. The van der Waals surface area contributed by atoms with Gasteiger partial charge in [-0.2, -0.15) is 0 Å². The van der Waals surface area contributed by atoms with Crippen LogP contribution < -0.4 is 0 Å². The summed E-state index contributed by atoms with van der Waals surface area (Å²) in [5, 5.41) is 9.59. The molecule has 1 atom stereocenters. The van der Waals surface area contributed by atoms with Crippen LogP contribution in [0.5, 0.6) is 0 Å². The van der Waals surface area contributed by atoms with Crippen molar-refractivity contribution in [2.24, 2.45) is 0 Å². The summed E-state index contributed by atoms with van der Waals surface area (Å²) in [5.41, 5.74) is 0. The molecule has 0 aliphatic carbocycles. The fourth-order valence-corrected chi connectivity index (χ4v) is 8.00. The highest BCUT2D eigenvalue weighted by Gasteiger charge is 2.16. The normalized spacial score (nSPS) is 12.6. The maximum Gasteiger partial charge on any atom is 0.306 e. The summed E-state index contributed by atoms with van der Waals surface area (Å²) in [6.07, 6.45) is 72.2. The van der Waals surface area contributed by atoms with Crippen molar-refractivity contribution in [2.45, 2.75) is 283 Å².